The lowest BCUT2D eigenvalue weighted by Gasteiger charge is -1.96. The van der Waals surface area contributed by atoms with Crippen LogP contribution in [0.1, 0.15) is 17.0 Å². The standard InChI is InChI=1S/C15H12ClNO2/c16-12-4-1-10(2-5-12)8-15-17-13-7-11(9-18)3-6-14(13)19-15/h1-7,18H,8-9H2. The second-order valence-electron chi connectivity index (χ2n) is 4.37. The lowest BCUT2D eigenvalue weighted by molar-refractivity contribution is 0.282. The Morgan fingerprint density at radius 3 is 2.53 bits per heavy atom. The Kier molecular flexibility index (Phi) is 3.23. The molecular weight excluding hydrogens is 262 g/mol. The molecule has 2 aromatic carbocycles. The summed E-state index contributed by atoms with van der Waals surface area (Å²) < 4.78 is 5.68. The third-order valence-corrected chi connectivity index (χ3v) is 3.20. The van der Waals surface area contributed by atoms with E-state index in [2.05, 4.69) is 4.98 Å². The number of rotatable bonds is 3. The van der Waals surface area contributed by atoms with Crippen LogP contribution in [0, 0.1) is 0 Å². The van der Waals surface area contributed by atoms with E-state index in [-0.39, 0.29) is 6.61 Å². The number of nitrogens with zero attached hydrogens (tertiary/aromatic N) is 1. The maximum Gasteiger partial charge on any atom is 0.199 e. The Hall–Kier alpha value is -1.84. The van der Waals surface area contributed by atoms with E-state index in [4.69, 9.17) is 21.1 Å². The minimum Gasteiger partial charge on any atom is -0.440 e. The molecule has 0 atom stereocenters. The summed E-state index contributed by atoms with van der Waals surface area (Å²) in [6.07, 6.45) is 0.625. The fourth-order valence-corrected chi connectivity index (χ4v) is 2.10. The monoisotopic (exact) mass is 273 g/mol. The molecule has 0 aliphatic rings. The second-order valence-corrected chi connectivity index (χ2v) is 4.81. The Bertz CT molecular complexity index is 704. The van der Waals surface area contributed by atoms with E-state index in [9.17, 15) is 0 Å². The number of halogens is 1. The van der Waals surface area contributed by atoms with E-state index in [1.54, 1.807) is 0 Å². The minimum absolute atomic E-state index is 0.00924. The number of oxazole rings is 1. The summed E-state index contributed by atoms with van der Waals surface area (Å²) in [5, 5.41) is 9.81. The van der Waals surface area contributed by atoms with Gasteiger partial charge >= 0.3 is 0 Å². The van der Waals surface area contributed by atoms with Gasteiger partial charge in [-0.15, -0.1) is 0 Å². The molecule has 0 saturated heterocycles. The fraction of sp³-hybridized carbons (Fsp3) is 0.133. The van der Waals surface area contributed by atoms with Gasteiger partial charge in [0.15, 0.2) is 11.5 Å². The maximum atomic E-state index is 9.09. The van der Waals surface area contributed by atoms with E-state index >= 15 is 0 Å². The molecule has 0 radical (unpaired) electrons. The number of aliphatic hydroxyl groups excluding tert-OH is 1. The molecule has 3 rings (SSSR count). The normalized spacial score (nSPS) is 11.1. The lowest BCUT2D eigenvalue weighted by atomic mass is 10.1. The van der Waals surface area contributed by atoms with Crippen molar-refractivity contribution in [3.8, 4) is 0 Å². The van der Waals surface area contributed by atoms with Gasteiger partial charge in [-0.3, -0.25) is 0 Å². The van der Waals surface area contributed by atoms with Crippen LogP contribution in [0.5, 0.6) is 0 Å². The highest BCUT2D eigenvalue weighted by atomic mass is 35.5. The summed E-state index contributed by atoms with van der Waals surface area (Å²) in [4.78, 5) is 4.43. The van der Waals surface area contributed by atoms with Crippen LogP contribution in [0.15, 0.2) is 46.9 Å². The minimum atomic E-state index is 0.00924. The summed E-state index contributed by atoms with van der Waals surface area (Å²) in [6.45, 7) is 0.00924. The highest BCUT2D eigenvalue weighted by molar-refractivity contribution is 6.30. The molecule has 3 nitrogen and oxygen atoms in total. The molecule has 96 valence electrons. The molecule has 0 bridgehead atoms. The third-order valence-electron chi connectivity index (χ3n) is 2.95. The molecule has 1 heterocycles. The first kappa shape index (κ1) is 12.2. The number of fused-ring (bicyclic) bond motifs is 1. The van der Waals surface area contributed by atoms with E-state index in [0.29, 0.717) is 17.3 Å². The van der Waals surface area contributed by atoms with Crippen molar-refractivity contribution < 1.29 is 9.52 Å². The molecule has 3 aromatic rings. The van der Waals surface area contributed by atoms with Gasteiger partial charge < -0.3 is 9.52 Å². The molecule has 1 N–H and O–H groups in total. The van der Waals surface area contributed by atoms with E-state index in [1.807, 2.05) is 42.5 Å². The molecule has 0 fully saturated rings. The van der Waals surface area contributed by atoms with Gasteiger partial charge in [0.2, 0.25) is 0 Å². The van der Waals surface area contributed by atoms with E-state index in [1.165, 1.54) is 0 Å². The zero-order valence-electron chi connectivity index (χ0n) is 10.1. The Balaban J connectivity index is 1.90. The smallest absolute Gasteiger partial charge is 0.199 e. The van der Waals surface area contributed by atoms with E-state index in [0.717, 1.165) is 22.2 Å². The van der Waals surface area contributed by atoms with Crippen molar-refractivity contribution in [1.29, 1.82) is 0 Å². The van der Waals surface area contributed by atoms with Crippen molar-refractivity contribution in [1.82, 2.24) is 4.98 Å². The molecule has 4 heteroatoms. The van der Waals surface area contributed by atoms with Crippen molar-refractivity contribution in [3.05, 3.63) is 64.5 Å². The largest absolute Gasteiger partial charge is 0.440 e. The highest BCUT2D eigenvalue weighted by Crippen LogP contribution is 2.20. The summed E-state index contributed by atoms with van der Waals surface area (Å²) in [5.74, 6) is 0.660. The highest BCUT2D eigenvalue weighted by Gasteiger charge is 2.07. The number of benzene rings is 2. The predicted molar refractivity (Wildman–Crippen MR) is 74.2 cm³/mol. The summed E-state index contributed by atoms with van der Waals surface area (Å²) in [7, 11) is 0. The van der Waals surface area contributed by atoms with Gasteiger partial charge in [-0.25, -0.2) is 4.98 Å². The SMILES string of the molecule is OCc1ccc2oc(Cc3ccc(Cl)cc3)nc2c1. The van der Waals surface area contributed by atoms with Crippen molar-refractivity contribution in [3.63, 3.8) is 0 Å². The van der Waals surface area contributed by atoms with Crippen LogP contribution < -0.4 is 0 Å². The summed E-state index contributed by atoms with van der Waals surface area (Å²) in [6, 6.07) is 13.1. The van der Waals surface area contributed by atoms with Crippen LogP contribution in [0.2, 0.25) is 5.02 Å². The zero-order chi connectivity index (χ0) is 13.2. The molecule has 0 aliphatic carbocycles. The lowest BCUT2D eigenvalue weighted by Crippen LogP contribution is -1.87. The van der Waals surface area contributed by atoms with Crippen LogP contribution in [0.4, 0.5) is 0 Å². The van der Waals surface area contributed by atoms with E-state index < -0.39 is 0 Å². The molecule has 19 heavy (non-hydrogen) atoms. The molecule has 0 aliphatic heterocycles. The van der Waals surface area contributed by atoms with Gasteiger partial charge in [-0.05, 0) is 35.4 Å². The number of aliphatic hydroxyl groups is 1. The Labute approximate surface area is 115 Å². The Morgan fingerprint density at radius 2 is 1.79 bits per heavy atom. The van der Waals surface area contributed by atoms with Crippen molar-refractivity contribution in [2.45, 2.75) is 13.0 Å². The average Bonchev–Trinajstić information content (AvgIpc) is 2.82. The van der Waals surface area contributed by atoms with Crippen LogP contribution in [-0.2, 0) is 13.0 Å². The van der Waals surface area contributed by atoms with Crippen LogP contribution in [0.3, 0.4) is 0 Å². The topological polar surface area (TPSA) is 46.3 Å². The molecule has 0 unspecified atom stereocenters. The quantitative estimate of drug-likeness (QED) is 0.794. The number of hydrogen-bond acceptors (Lipinski definition) is 3. The van der Waals surface area contributed by atoms with Crippen LogP contribution in [0.25, 0.3) is 11.1 Å². The first-order valence-electron chi connectivity index (χ1n) is 5.98. The summed E-state index contributed by atoms with van der Waals surface area (Å²) in [5.41, 5.74) is 3.44. The van der Waals surface area contributed by atoms with Crippen molar-refractivity contribution in [2.24, 2.45) is 0 Å². The van der Waals surface area contributed by atoms with Gasteiger partial charge in [-0.1, -0.05) is 29.8 Å². The van der Waals surface area contributed by atoms with Gasteiger partial charge in [0.1, 0.15) is 5.52 Å². The maximum absolute atomic E-state index is 9.09. The second kappa shape index (κ2) is 5.03. The predicted octanol–water partition coefficient (Wildman–Crippen LogP) is 3.56. The molecule has 0 amide bonds. The molecule has 0 spiro atoms. The molecule has 0 saturated carbocycles. The van der Waals surface area contributed by atoms with Gasteiger partial charge in [0, 0.05) is 11.4 Å². The molecule has 1 aromatic heterocycles. The third kappa shape index (κ3) is 2.62. The summed E-state index contributed by atoms with van der Waals surface area (Å²) >= 11 is 5.85. The Morgan fingerprint density at radius 1 is 1.05 bits per heavy atom. The van der Waals surface area contributed by atoms with Gasteiger partial charge in [0.05, 0.1) is 6.61 Å². The number of hydrogen-bond donors (Lipinski definition) is 1. The van der Waals surface area contributed by atoms with Crippen molar-refractivity contribution >= 4 is 22.7 Å². The van der Waals surface area contributed by atoms with Crippen molar-refractivity contribution in [2.75, 3.05) is 0 Å². The van der Waals surface area contributed by atoms with Crippen LogP contribution in [-0.4, -0.2) is 10.1 Å². The average molecular weight is 274 g/mol. The first-order valence-corrected chi connectivity index (χ1v) is 6.36. The van der Waals surface area contributed by atoms with Gasteiger partial charge in [-0.2, -0.15) is 0 Å². The molecular formula is C15H12ClNO2. The zero-order valence-corrected chi connectivity index (χ0v) is 10.9. The van der Waals surface area contributed by atoms with Crippen LogP contribution >= 0.6 is 11.6 Å². The number of aromatic nitrogens is 1. The first-order chi connectivity index (χ1) is 9.24. The van der Waals surface area contributed by atoms with Gasteiger partial charge in [0.25, 0.3) is 0 Å². The fourth-order valence-electron chi connectivity index (χ4n) is 1.97.